The Labute approximate surface area is 193 Å². The summed E-state index contributed by atoms with van der Waals surface area (Å²) < 4.78 is 1.53. The number of hydrogen-bond donors (Lipinski definition) is 2. The summed E-state index contributed by atoms with van der Waals surface area (Å²) in [6.45, 7) is 6.89. The lowest BCUT2D eigenvalue weighted by molar-refractivity contribution is 0.101. The molecule has 0 radical (unpaired) electrons. The second-order valence-corrected chi connectivity index (χ2v) is 10.2. The van der Waals surface area contributed by atoms with E-state index in [9.17, 15) is 9.59 Å². The van der Waals surface area contributed by atoms with Crippen molar-refractivity contribution in [3.8, 4) is 0 Å². The van der Waals surface area contributed by atoms with Crippen molar-refractivity contribution < 1.29 is 9.59 Å². The first-order valence-corrected chi connectivity index (χ1v) is 11.9. The van der Waals surface area contributed by atoms with Crippen molar-refractivity contribution in [1.29, 1.82) is 0 Å². The number of thiophene rings is 1. The first kappa shape index (κ1) is 22.3. The molecular formula is C25H30N4O2S. The van der Waals surface area contributed by atoms with E-state index in [-0.39, 0.29) is 17.2 Å². The molecule has 1 atom stereocenters. The highest BCUT2D eigenvalue weighted by molar-refractivity contribution is 7.17. The van der Waals surface area contributed by atoms with E-state index in [0.29, 0.717) is 22.2 Å². The molecule has 0 aliphatic heterocycles. The molecule has 2 amide bonds. The number of para-hydroxylation sites is 1. The largest absolute Gasteiger partial charge is 0.322 e. The van der Waals surface area contributed by atoms with Crippen LogP contribution in [0.1, 0.15) is 64.9 Å². The topological polar surface area (TPSA) is 76.0 Å². The Kier molecular flexibility index (Phi) is 6.20. The van der Waals surface area contributed by atoms with E-state index in [2.05, 4.69) is 36.5 Å². The highest BCUT2D eigenvalue weighted by Gasteiger charge is 2.35. The van der Waals surface area contributed by atoms with Gasteiger partial charge in [0.1, 0.15) is 10.7 Å². The third-order valence-electron chi connectivity index (χ3n) is 6.82. The van der Waals surface area contributed by atoms with Gasteiger partial charge >= 0.3 is 0 Å². The van der Waals surface area contributed by atoms with Crippen LogP contribution in [0.25, 0.3) is 0 Å². The quantitative estimate of drug-likeness (QED) is 0.519. The van der Waals surface area contributed by atoms with Gasteiger partial charge in [0.05, 0.1) is 5.56 Å². The molecule has 0 spiro atoms. The minimum Gasteiger partial charge on any atom is -0.322 e. The number of nitrogens with one attached hydrogen (secondary N) is 2. The molecule has 0 saturated carbocycles. The molecule has 1 unspecified atom stereocenters. The van der Waals surface area contributed by atoms with E-state index in [1.165, 1.54) is 9.56 Å². The molecule has 7 heteroatoms. The predicted molar refractivity (Wildman–Crippen MR) is 129 cm³/mol. The summed E-state index contributed by atoms with van der Waals surface area (Å²) in [5, 5.41) is 10.7. The number of amides is 2. The monoisotopic (exact) mass is 450 g/mol. The summed E-state index contributed by atoms with van der Waals surface area (Å²) in [6.07, 6.45) is 5.54. The zero-order valence-electron chi connectivity index (χ0n) is 19.1. The van der Waals surface area contributed by atoms with Gasteiger partial charge in [0.2, 0.25) is 0 Å². The van der Waals surface area contributed by atoms with Gasteiger partial charge in [-0.1, -0.05) is 45.4 Å². The number of benzene rings is 1. The first-order valence-electron chi connectivity index (χ1n) is 11.1. The van der Waals surface area contributed by atoms with Gasteiger partial charge in [0.25, 0.3) is 11.8 Å². The van der Waals surface area contributed by atoms with Crippen LogP contribution in [0.2, 0.25) is 0 Å². The normalized spacial score (nSPS) is 15.8. The Balaban J connectivity index is 1.69. The smallest absolute Gasteiger partial charge is 0.274 e. The zero-order valence-corrected chi connectivity index (χ0v) is 19.9. The van der Waals surface area contributed by atoms with Gasteiger partial charge in [-0.15, -0.1) is 11.3 Å². The van der Waals surface area contributed by atoms with E-state index in [4.69, 9.17) is 0 Å². The van der Waals surface area contributed by atoms with E-state index in [1.54, 1.807) is 30.6 Å². The maximum absolute atomic E-state index is 13.4. The molecule has 2 aromatic heterocycles. The first-order chi connectivity index (χ1) is 15.3. The van der Waals surface area contributed by atoms with Crippen molar-refractivity contribution in [2.24, 2.45) is 18.4 Å². The number of carbonyl (C=O) groups excluding carboxylic acids is 2. The number of fused-ring (bicyclic) bond motifs is 1. The number of anilines is 2. The molecule has 0 bridgehead atoms. The average Bonchev–Trinajstić information content (AvgIpc) is 3.36. The van der Waals surface area contributed by atoms with Crippen molar-refractivity contribution in [3.63, 3.8) is 0 Å². The van der Waals surface area contributed by atoms with Crippen LogP contribution in [0, 0.1) is 11.3 Å². The molecule has 3 aromatic rings. The maximum atomic E-state index is 13.4. The summed E-state index contributed by atoms with van der Waals surface area (Å²) >= 11 is 1.54. The lowest BCUT2D eigenvalue weighted by Gasteiger charge is -2.36. The molecule has 6 nitrogen and oxygen atoms in total. The second-order valence-electron chi connectivity index (χ2n) is 9.10. The van der Waals surface area contributed by atoms with Crippen molar-refractivity contribution >= 4 is 33.8 Å². The molecule has 168 valence electrons. The molecule has 2 N–H and O–H groups in total. The van der Waals surface area contributed by atoms with Gasteiger partial charge in [-0.3, -0.25) is 14.3 Å². The Morgan fingerprint density at radius 2 is 1.91 bits per heavy atom. The number of aryl methyl sites for hydroxylation is 1. The van der Waals surface area contributed by atoms with Gasteiger partial charge in [-0.05, 0) is 54.4 Å². The van der Waals surface area contributed by atoms with Crippen LogP contribution >= 0.6 is 11.3 Å². The third-order valence-corrected chi connectivity index (χ3v) is 7.99. The summed E-state index contributed by atoms with van der Waals surface area (Å²) in [5.74, 6) is 0.120. The Hall–Kier alpha value is -2.93. The third kappa shape index (κ3) is 4.35. The van der Waals surface area contributed by atoms with Crippen LogP contribution in [0.5, 0.6) is 0 Å². The number of aromatic nitrogens is 2. The Morgan fingerprint density at radius 1 is 1.16 bits per heavy atom. The highest BCUT2D eigenvalue weighted by atomic mass is 32.1. The summed E-state index contributed by atoms with van der Waals surface area (Å²) in [6, 6.07) is 11.1. The molecule has 2 heterocycles. The van der Waals surface area contributed by atoms with Gasteiger partial charge in [0, 0.05) is 23.8 Å². The summed E-state index contributed by atoms with van der Waals surface area (Å²) in [5.41, 5.74) is 3.11. The fourth-order valence-electron chi connectivity index (χ4n) is 4.35. The summed E-state index contributed by atoms with van der Waals surface area (Å²) in [7, 11) is 1.73. The van der Waals surface area contributed by atoms with Crippen LogP contribution in [-0.2, 0) is 19.9 Å². The molecule has 32 heavy (non-hydrogen) atoms. The van der Waals surface area contributed by atoms with E-state index < -0.39 is 0 Å². The minimum absolute atomic E-state index is 0.179. The number of rotatable bonds is 6. The van der Waals surface area contributed by atoms with Crippen LogP contribution in [0.4, 0.5) is 10.7 Å². The van der Waals surface area contributed by atoms with Crippen molar-refractivity contribution in [3.05, 3.63) is 64.3 Å². The second kappa shape index (κ2) is 8.90. The van der Waals surface area contributed by atoms with E-state index in [1.807, 2.05) is 30.3 Å². The van der Waals surface area contributed by atoms with Crippen molar-refractivity contribution in [1.82, 2.24) is 9.78 Å². The van der Waals surface area contributed by atoms with E-state index >= 15 is 0 Å². The van der Waals surface area contributed by atoms with Crippen LogP contribution in [0.15, 0.2) is 42.6 Å². The standard InChI is InChI=1S/C25H30N4O2S/c1-5-25(2,3)16-11-12-18-20(15-16)32-24(28-22(30)19-13-14-26-29(19)4)21(18)23(31)27-17-9-7-6-8-10-17/h6-10,13-14,16H,5,11-12,15H2,1-4H3,(H,27,31)(H,28,30). The zero-order chi connectivity index (χ0) is 22.9. The van der Waals surface area contributed by atoms with Gasteiger partial charge < -0.3 is 10.6 Å². The minimum atomic E-state index is -0.261. The SMILES string of the molecule is CCC(C)(C)C1CCc2c(sc(NC(=O)c3ccnn3C)c2C(=O)Nc2ccccc2)C1. The molecule has 0 fully saturated rings. The van der Waals surface area contributed by atoms with Crippen LogP contribution < -0.4 is 10.6 Å². The Morgan fingerprint density at radius 3 is 2.56 bits per heavy atom. The highest BCUT2D eigenvalue weighted by Crippen LogP contribution is 2.45. The summed E-state index contributed by atoms with van der Waals surface area (Å²) in [4.78, 5) is 27.5. The van der Waals surface area contributed by atoms with Gasteiger partial charge in [-0.25, -0.2) is 0 Å². The molecule has 1 aromatic carbocycles. The molecule has 1 aliphatic rings. The van der Waals surface area contributed by atoms with Gasteiger partial charge in [0.15, 0.2) is 0 Å². The van der Waals surface area contributed by atoms with Crippen molar-refractivity contribution in [2.45, 2.75) is 46.5 Å². The predicted octanol–water partition coefficient (Wildman–Crippen LogP) is 5.53. The maximum Gasteiger partial charge on any atom is 0.274 e. The van der Waals surface area contributed by atoms with Crippen LogP contribution in [0.3, 0.4) is 0 Å². The van der Waals surface area contributed by atoms with Crippen LogP contribution in [-0.4, -0.2) is 21.6 Å². The number of nitrogens with zero attached hydrogens (tertiary/aromatic N) is 2. The lowest BCUT2D eigenvalue weighted by atomic mass is 9.69. The molecular weight excluding hydrogens is 420 g/mol. The average molecular weight is 451 g/mol. The fraction of sp³-hybridized carbons (Fsp3) is 0.400. The Bertz CT molecular complexity index is 1130. The fourth-order valence-corrected chi connectivity index (χ4v) is 5.67. The number of hydrogen-bond acceptors (Lipinski definition) is 4. The molecule has 1 aliphatic carbocycles. The van der Waals surface area contributed by atoms with E-state index in [0.717, 1.165) is 36.9 Å². The molecule has 4 rings (SSSR count). The molecule has 0 saturated heterocycles. The lowest BCUT2D eigenvalue weighted by Crippen LogP contribution is -2.29. The van der Waals surface area contributed by atoms with Gasteiger partial charge in [-0.2, -0.15) is 5.10 Å². The van der Waals surface area contributed by atoms with Crippen molar-refractivity contribution in [2.75, 3.05) is 10.6 Å². The number of carbonyl (C=O) groups is 2.